The zero-order valence-electron chi connectivity index (χ0n) is 14.7. The number of aromatic nitrogens is 1. The third-order valence-corrected chi connectivity index (χ3v) is 3.87. The van der Waals surface area contributed by atoms with Gasteiger partial charge in [0, 0.05) is 30.7 Å². The van der Waals surface area contributed by atoms with Crippen molar-refractivity contribution in [2.75, 3.05) is 5.32 Å². The molecular formula is C20H23N3O2. The maximum atomic E-state index is 12.0. The number of carbonyl (C=O) groups excluding carboxylic acids is 2. The fourth-order valence-corrected chi connectivity index (χ4v) is 2.04. The number of anilines is 1. The smallest absolute Gasteiger partial charge is 0.253 e. The Bertz CT molecular complexity index is 750. The fraction of sp³-hybridized carbons (Fsp3) is 0.250. The van der Waals surface area contributed by atoms with Gasteiger partial charge in [0.05, 0.1) is 5.56 Å². The van der Waals surface area contributed by atoms with Crippen LogP contribution in [0, 0.1) is 5.92 Å². The Labute approximate surface area is 148 Å². The predicted octanol–water partition coefficient (Wildman–Crippen LogP) is 3.55. The number of carbonyl (C=O) groups is 2. The minimum Gasteiger partial charge on any atom is -0.348 e. The lowest BCUT2D eigenvalue weighted by molar-refractivity contribution is -0.112. The highest BCUT2D eigenvalue weighted by Gasteiger charge is 2.05. The molecule has 0 bridgehead atoms. The first-order valence-electron chi connectivity index (χ1n) is 8.22. The van der Waals surface area contributed by atoms with E-state index in [0.29, 0.717) is 18.0 Å². The van der Waals surface area contributed by atoms with Gasteiger partial charge in [0.25, 0.3) is 5.91 Å². The van der Waals surface area contributed by atoms with Crippen LogP contribution in [0.15, 0.2) is 60.4 Å². The number of nitrogens with one attached hydrogen (secondary N) is 2. The van der Waals surface area contributed by atoms with Crippen LogP contribution in [0.5, 0.6) is 0 Å². The van der Waals surface area contributed by atoms with Crippen molar-refractivity contribution in [3.05, 3.63) is 71.6 Å². The normalized spacial score (nSPS) is 11.3. The number of allylic oxidation sites excluding steroid dienone is 1. The van der Waals surface area contributed by atoms with E-state index in [-0.39, 0.29) is 11.8 Å². The Morgan fingerprint density at radius 3 is 2.48 bits per heavy atom. The van der Waals surface area contributed by atoms with Crippen LogP contribution >= 0.6 is 0 Å². The van der Waals surface area contributed by atoms with Gasteiger partial charge in [0.1, 0.15) is 0 Å². The molecule has 0 unspecified atom stereocenters. The maximum absolute atomic E-state index is 12.0. The lowest BCUT2D eigenvalue weighted by Crippen LogP contribution is -2.22. The van der Waals surface area contributed by atoms with Gasteiger partial charge in [-0.3, -0.25) is 14.6 Å². The number of benzene rings is 1. The quantitative estimate of drug-likeness (QED) is 0.792. The average Bonchev–Trinajstić information content (AvgIpc) is 2.61. The molecular weight excluding hydrogens is 314 g/mol. The highest BCUT2D eigenvalue weighted by atomic mass is 16.2. The molecule has 2 amide bonds. The van der Waals surface area contributed by atoms with E-state index in [1.807, 2.05) is 45.0 Å². The zero-order valence-corrected chi connectivity index (χ0v) is 14.7. The van der Waals surface area contributed by atoms with E-state index in [1.54, 1.807) is 24.4 Å². The second kappa shape index (κ2) is 8.78. The average molecular weight is 337 g/mol. The summed E-state index contributed by atoms with van der Waals surface area (Å²) in [5, 5.41) is 5.67. The SMILES string of the molecule is C/C(=C\C(=O)Nc1ccc(CNC(=O)c2cccnc2)cc1)C(C)C. The Morgan fingerprint density at radius 1 is 1.16 bits per heavy atom. The molecule has 0 radical (unpaired) electrons. The fourth-order valence-electron chi connectivity index (χ4n) is 2.04. The van der Waals surface area contributed by atoms with Gasteiger partial charge in [-0.25, -0.2) is 0 Å². The summed E-state index contributed by atoms with van der Waals surface area (Å²) in [6.45, 7) is 6.45. The number of hydrogen-bond acceptors (Lipinski definition) is 3. The van der Waals surface area contributed by atoms with Gasteiger partial charge in [-0.15, -0.1) is 0 Å². The summed E-state index contributed by atoms with van der Waals surface area (Å²) >= 11 is 0. The molecule has 0 spiro atoms. The molecule has 130 valence electrons. The molecule has 2 N–H and O–H groups in total. The summed E-state index contributed by atoms with van der Waals surface area (Å²) < 4.78 is 0. The Kier molecular flexibility index (Phi) is 6.46. The molecule has 0 saturated carbocycles. The minimum atomic E-state index is -0.167. The van der Waals surface area contributed by atoms with Crippen LogP contribution in [0.2, 0.25) is 0 Å². The van der Waals surface area contributed by atoms with Gasteiger partial charge in [-0.2, -0.15) is 0 Å². The molecule has 1 heterocycles. The number of rotatable bonds is 6. The van der Waals surface area contributed by atoms with E-state index in [2.05, 4.69) is 15.6 Å². The first-order chi connectivity index (χ1) is 12.0. The van der Waals surface area contributed by atoms with Crippen molar-refractivity contribution in [3.63, 3.8) is 0 Å². The summed E-state index contributed by atoms with van der Waals surface area (Å²) in [6.07, 6.45) is 4.77. The molecule has 0 aliphatic heterocycles. The van der Waals surface area contributed by atoms with Gasteiger partial charge < -0.3 is 10.6 Å². The number of hydrogen-bond donors (Lipinski definition) is 2. The molecule has 5 nitrogen and oxygen atoms in total. The monoisotopic (exact) mass is 337 g/mol. The lowest BCUT2D eigenvalue weighted by Gasteiger charge is -2.08. The molecule has 0 aliphatic rings. The van der Waals surface area contributed by atoms with Crippen molar-refractivity contribution in [1.29, 1.82) is 0 Å². The third kappa shape index (κ3) is 5.88. The van der Waals surface area contributed by atoms with E-state index in [4.69, 9.17) is 0 Å². The van der Waals surface area contributed by atoms with Crippen LogP contribution in [-0.4, -0.2) is 16.8 Å². The van der Waals surface area contributed by atoms with Crippen LogP contribution in [0.4, 0.5) is 5.69 Å². The van der Waals surface area contributed by atoms with Crippen molar-refractivity contribution in [2.45, 2.75) is 27.3 Å². The van der Waals surface area contributed by atoms with Crippen LogP contribution < -0.4 is 10.6 Å². The lowest BCUT2D eigenvalue weighted by atomic mass is 10.1. The predicted molar refractivity (Wildman–Crippen MR) is 99.1 cm³/mol. The number of nitrogens with zero attached hydrogens (tertiary/aromatic N) is 1. The first-order valence-corrected chi connectivity index (χ1v) is 8.22. The van der Waals surface area contributed by atoms with Gasteiger partial charge in [0.15, 0.2) is 0 Å². The number of amides is 2. The standard InChI is InChI=1S/C20H23N3O2/c1-14(2)15(3)11-19(24)23-18-8-6-16(7-9-18)12-22-20(25)17-5-4-10-21-13-17/h4-11,13-14H,12H2,1-3H3,(H,22,25)(H,23,24)/b15-11+. The molecule has 5 heteroatoms. The van der Waals surface area contributed by atoms with Crippen molar-refractivity contribution in [3.8, 4) is 0 Å². The van der Waals surface area contributed by atoms with Crippen molar-refractivity contribution in [1.82, 2.24) is 10.3 Å². The molecule has 0 fully saturated rings. The third-order valence-electron chi connectivity index (χ3n) is 3.87. The van der Waals surface area contributed by atoms with Crippen molar-refractivity contribution < 1.29 is 9.59 Å². The summed E-state index contributed by atoms with van der Waals surface area (Å²) in [4.78, 5) is 27.8. The minimum absolute atomic E-state index is 0.135. The van der Waals surface area contributed by atoms with Crippen LogP contribution in [0.3, 0.4) is 0 Å². The topological polar surface area (TPSA) is 71.1 Å². The van der Waals surface area contributed by atoms with Gasteiger partial charge >= 0.3 is 0 Å². The number of pyridine rings is 1. The molecule has 0 aliphatic carbocycles. The molecule has 1 aromatic carbocycles. The Hall–Kier alpha value is -2.95. The molecule has 0 saturated heterocycles. The summed E-state index contributed by atoms with van der Waals surface area (Å²) in [6, 6.07) is 10.8. The van der Waals surface area contributed by atoms with E-state index < -0.39 is 0 Å². The van der Waals surface area contributed by atoms with Gasteiger partial charge in [-0.1, -0.05) is 31.6 Å². The molecule has 2 aromatic rings. The molecule has 0 atom stereocenters. The van der Waals surface area contributed by atoms with Crippen LogP contribution in [-0.2, 0) is 11.3 Å². The highest BCUT2D eigenvalue weighted by molar-refractivity contribution is 5.99. The molecule has 25 heavy (non-hydrogen) atoms. The van der Waals surface area contributed by atoms with E-state index >= 15 is 0 Å². The van der Waals surface area contributed by atoms with Crippen LogP contribution in [0.25, 0.3) is 0 Å². The second-order valence-corrected chi connectivity index (χ2v) is 6.15. The van der Waals surface area contributed by atoms with Gasteiger partial charge in [0.2, 0.25) is 5.91 Å². The van der Waals surface area contributed by atoms with Crippen molar-refractivity contribution >= 4 is 17.5 Å². The van der Waals surface area contributed by atoms with E-state index in [0.717, 1.165) is 16.8 Å². The summed E-state index contributed by atoms with van der Waals surface area (Å²) in [5.41, 5.74) is 3.23. The van der Waals surface area contributed by atoms with E-state index in [9.17, 15) is 9.59 Å². The van der Waals surface area contributed by atoms with Gasteiger partial charge in [-0.05, 0) is 42.7 Å². The molecule has 2 rings (SSSR count). The van der Waals surface area contributed by atoms with Crippen LogP contribution in [0.1, 0.15) is 36.7 Å². The Morgan fingerprint density at radius 2 is 1.88 bits per heavy atom. The second-order valence-electron chi connectivity index (χ2n) is 6.15. The summed E-state index contributed by atoms with van der Waals surface area (Å²) in [5.74, 6) is 0.0418. The highest BCUT2D eigenvalue weighted by Crippen LogP contribution is 2.12. The Balaban J connectivity index is 1.88. The first kappa shape index (κ1) is 18.4. The molecule has 1 aromatic heterocycles. The summed E-state index contributed by atoms with van der Waals surface area (Å²) in [7, 11) is 0. The maximum Gasteiger partial charge on any atom is 0.253 e. The van der Waals surface area contributed by atoms with Crippen molar-refractivity contribution in [2.24, 2.45) is 5.92 Å². The zero-order chi connectivity index (χ0) is 18.2. The van der Waals surface area contributed by atoms with E-state index in [1.165, 1.54) is 6.20 Å². The largest absolute Gasteiger partial charge is 0.348 e.